The van der Waals surface area contributed by atoms with Crippen molar-refractivity contribution in [3.05, 3.63) is 27.3 Å². The van der Waals surface area contributed by atoms with Gasteiger partial charge in [-0.25, -0.2) is 0 Å². The number of halogens is 1. The molecule has 1 aromatic carbocycles. The predicted molar refractivity (Wildman–Crippen MR) is 54.4 cm³/mol. The molecule has 0 radical (unpaired) electrons. The van der Waals surface area contributed by atoms with E-state index in [1.165, 1.54) is 9.13 Å². The van der Waals surface area contributed by atoms with E-state index < -0.39 is 0 Å². The summed E-state index contributed by atoms with van der Waals surface area (Å²) in [6.07, 6.45) is 0.312. The quantitative estimate of drug-likeness (QED) is 0.611. The highest BCUT2D eigenvalue weighted by Crippen LogP contribution is 2.34. The molecule has 1 aliphatic heterocycles. The number of hydrogen-bond acceptors (Lipinski definition) is 2. The van der Waals surface area contributed by atoms with Crippen molar-refractivity contribution in [3.8, 4) is 5.75 Å². The van der Waals surface area contributed by atoms with Crippen molar-refractivity contribution in [2.45, 2.75) is 6.10 Å². The molecule has 0 spiro atoms. The molecule has 1 aliphatic rings. The highest BCUT2D eigenvalue weighted by molar-refractivity contribution is 14.1. The minimum absolute atomic E-state index is 0.312. The molecule has 1 fully saturated rings. The van der Waals surface area contributed by atoms with Gasteiger partial charge in [0.1, 0.15) is 11.9 Å². The van der Waals surface area contributed by atoms with Crippen LogP contribution in [-0.2, 0) is 4.74 Å². The van der Waals surface area contributed by atoms with E-state index in [-0.39, 0.29) is 0 Å². The van der Waals surface area contributed by atoms with Crippen molar-refractivity contribution in [1.29, 1.82) is 0 Å². The van der Waals surface area contributed by atoms with Gasteiger partial charge in [-0.05, 0) is 40.8 Å². The lowest BCUT2D eigenvalue weighted by Crippen LogP contribution is -1.89. The summed E-state index contributed by atoms with van der Waals surface area (Å²) in [5, 5.41) is 0. The second-order valence-corrected chi connectivity index (χ2v) is 3.87. The summed E-state index contributed by atoms with van der Waals surface area (Å²) in [6, 6.07) is 6.06. The fourth-order valence-electron chi connectivity index (χ4n) is 1.12. The summed E-state index contributed by atoms with van der Waals surface area (Å²) in [5.41, 5.74) is 1.25. The van der Waals surface area contributed by atoms with Gasteiger partial charge in [0.15, 0.2) is 0 Å². The van der Waals surface area contributed by atoms with E-state index in [9.17, 15) is 0 Å². The van der Waals surface area contributed by atoms with Gasteiger partial charge in [0.05, 0.1) is 13.7 Å². The highest BCUT2D eigenvalue weighted by atomic mass is 127. The van der Waals surface area contributed by atoms with E-state index in [4.69, 9.17) is 9.47 Å². The minimum atomic E-state index is 0.312. The molecule has 2 rings (SSSR count). The number of benzene rings is 1. The van der Waals surface area contributed by atoms with Crippen molar-refractivity contribution in [2.75, 3.05) is 13.7 Å². The average Bonchev–Trinajstić information content (AvgIpc) is 2.88. The van der Waals surface area contributed by atoms with Crippen LogP contribution in [0.25, 0.3) is 0 Å². The van der Waals surface area contributed by atoms with Crippen LogP contribution in [0.5, 0.6) is 5.75 Å². The molecule has 1 saturated heterocycles. The number of rotatable bonds is 2. The van der Waals surface area contributed by atoms with Crippen LogP contribution < -0.4 is 4.74 Å². The van der Waals surface area contributed by atoms with Gasteiger partial charge in [0.2, 0.25) is 0 Å². The lowest BCUT2D eigenvalue weighted by atomic mass is 10.1. The fourth-order valence-corrected chi connectivity index (χ4v) is 1.81. The topological polar surface area (TPSA) is 21.8 Å². The Bertz CT molecular complexity index is 295. The molecule has 0 saturated carbocycles. The minimum Gasteiger partial charge on any atom is -0.497 e. The zero-order chi connectivity index (χ0) is 8.55. The van der Waals surface area contributed by atoms with Gasteiger partial charge >= 0.3 is 0 Å². The molecule has 3 heteroatoms. The van der Waals surface area contributed by atoms with Crippen molar-refractivity contribution in [2.24, 2.45) is 0 Å². The summed E-state index contributed by atoms with van der Waals surface area (Å²) in [5.74, 6) is 0.904. The molecule has 0 amide bonds. The smallest absolute Gasteiger partial charge is 0.119 e. The SMILES string of the molecule is COc1ccc(I)c(C2CO2)c1. The Labute approximate surface area is 85.0 Å². The summed E-state index contributed by atoms with van der Waals surface area (Å²) in [6.45, 7) is 0.850. The maximum Gasteiger partial charge on any atom is 0.119 e. The monoisotopic (exact) mass is 276 g/mol. The Morgan fingerprint density at radius 2 is 2.33 bits per heavy atom. The number of ether oxygens (including phenoxy) is 2. The first-order valence-electron chi connectivity index (χ1n) is 3.76. The molecular weight excluding hydrogens is 267 g/mol. The summed E-state index contributed by atoms with van der Waals surface area (Å²) < 4.78 is 11.6. The first-order chi connectivity index (χ1) is 5.81. The molecule has 1 unspecified atom stereocenters. The van der Waals surface area contributed by atoms with Crippen LogP contribution in [0.15, 0.2) is 18.2 Å². The molecule has 0 aliphatic carbocycles. The van der Waals surface area contributed by atoms with Crippen molar-refractivity contribution in [3.63, 3.8) is 0 Å². The molecule has 12 heavy (non-hydrogen) atoms. The first kappa shape index (κ1) is 8.31. The second kappa shape index (κ2) is 3.22. The number of methoxy groups -OCH3 is 1. The zero-order valence-electron chi connectivity index (χ0n) is 6.71. The summed E-state index contributed by atoms with van der Waals surface area (Å²) >= 11 is 2.31. The summed E-state index contributed by atoms with van der Waals surface area (Å²) in [7, 11) is 1.68. The Hall–Kier alpha value is -0.290. The Morgan fingerprint density at radius 3 is 2.92 bits per heavy atom. The van der Waals surface area contributed by atoms with Crippen molar-refractivity contribution < 1.29 is 9.47 Å². The summed E-state index contributed by atoms with van der Waals surface area (Å²) in [4.78, 5) is 0. The number of hydrogen-bond donors (Lipinski definition) is 0. The van der Waals surface area contributed by atoms with E-state index in [0.717, 1.165) is 12.4 Å². The van der Waals surface area contributed by atoms with Gasteiger partial charge in [0.25, 0.3) is 0 Å². The molecule has 1 atom stereocenters. The molecule has 0 aromatic heterocycles. The predicted octanol–water partition coefficient (Wildman–Crippen LogP) is 2.37. The van der Waals surface area contributed by atoms with Crippen molar-refractivity contribution >= 4 is 22.6 Å². The molecular formula is C9H9IO2. The maximum absolute atomic E-state index is 5.21. The van der Waals surface area contributed by atoms with E-state index in [1.807, 2.05) is 12.1 Å². The normalized spacial score (nSPS) is 20.7. The van der Waals surface area contributed by atoms with Gasteiger partial charge < -0.3 is 9.47 Å². The Kier molecular flexibility index (Phi) is 2.23. The van der Waals surface area contributed by atoms with Gasteiger partial charge in [-0.15, -0.1) is 0 Å². The van der Waals surface area contributed by atoms with E-state index >= 15 is 0 Å². The average molecular weight is 276 g/mol. The molecule has 64 valence electrons. The standard InChI is InChI=1S/C9H9IO2/c1-11-6-2-3-8(10)7(4-6)9-5-12-9/h2-4,9H,5H2,1H3. The van der Waals surface area contributed by atoms with E-state index in [1.54, 1.807) is 7.11 Å². The van der Waals surface area contributed by atoms with E-state index in [2.05, 4.69) is 28.7 Å². The number of epoxide rings is 1. The third-order valence-corrected chi connectivity index (χ3v) is 2.87. The maximum atomic E-state index is 5.21. The molecule has 0 N–H and O–H groups in total. The van der Waals surface area contributed by atoms with Gasteiger partial charge in [-0.3, -0.25) is 0 Å². The lowest BCUT2D eigenvalue weighted by molar-refractivity contribution is 0.404. The first-order valence-corrected chi connectivity index (χ1v) is 4.84. The fraction of sp³-hybridized carbons (Fsp3) is 0.333. The molecule has 1 heterocycles. The van der Waals surface area contributed by atoms with Gasteiger partial charge in [0, 0.05) is 9.13 Å². The Balaban J connectivity index is 2.36. The van der Waals surface area contributed by atoms with Crippen molar-refractivity contribution in [1.82, 2.24) is 0 Å². The highest BCUT2D eigenvalue weighted by Gasteiger charge is 2.27. The van der Waals surface area contributed by atoms with E-state index in [0.29, 0.717) is 6.10 Å². The van der Waals surface area contributed by atoms with Crippen LogP contribution in [0.3, 0.4) is 0 Å². The van der Waals surface area contributed by atoms with Crippen LogP contribution in [0.4, 0.5) is 0 Å². The zero-order valence-corrected chi connectivity index (χ0v) is 8.87. The van der Waals surface area contributed by atoms with Crippen LogP contribution >= 0.6 is 22.6 Å². The third kappa shape index (κ3) is 1.56. The molecule has 0 bridgehead atoms. The van der Waals surface area contributed by atoms with Gasteiger partial charge in [-0.2, -0.15) is 0 Å². The largest absolute Gasteiger partial charge is 0.497 e. The van der Waals surface area contributed by atoms with Crippen LogP contribution in [0.2, 0.25) is 0 Å². The molecule has 2 nitrogen and oxygen atoms in total. The second-order valence-electron chi connectivity index (χ2n) is 2.71. The van der Waals surface area contributed by atoms with Crippen LogP contribution in [0.1, 0.15) is 11.7 Å². The third-order valence-electron chi connectivity index (χ3n) is 1.88. The van der Waals surface area contributed by atoms with Crippen LogP contribution in [-0.4, -0.2) is 13.7 Å². The lowest BCUT2D eigenvalue weighted by Gasteiger charge is -2.03. The van der Waals surface area contributed by atoms with Crippen LogP contribution in [0, 0.1) is 3.57 Å². The Morgan fingerprint density at radius 1 is 1.58 bits per heavy atom. The van der Waals surface area contributed by atoms with Gasteiger partial charge in [-0.1, -0.05) is 0 Å². The molecule has 1 aromatic rings.